The maximum absolute atomic E-state index is 12.3. The minimum absolute atomic E-state index is 0.00553. The van der Waals surface area contributed by atoms with Gasteiger partial charge in [0, 0.05) is 7.05 Å². The van der Waals surface area contributed by atoms with Gasteiger partial charge in [0.25, 0.3) is 5.95 Å². The number of rotatable bonds is 3. The molecule has 0 aliphatic heterocycles. The zero-order valence-corrected chi connectivity index (χ0v) is 9.70. The fourth-order valence-electron chi connectivity index (χ4n) is 1.29. The Morgan fingerprint density at radius 2 is 2.05 bits per heavy atom. The van der Waals surface area contributed by atoms with Crippen molar-refractivity contribution in [1.29, 1.82) is 0 Å². The zero-order chi connectivity index (χ0) is 14.0. The van der Waals surface area contributed by atoms with Gasteiger partial charge < -0.3 is 10.6 Å². The van der Waals surface area contributed by atoms with Crippen molar-refractivity contribution in [3.63, 3.8) is 0 Å². The maximum atomic E-state index is 12.3. The van der Waals surface area contributed by atoms with Gasteiger partial charge in [-0.15, -0.1) is 0 Å². The molecule has 0 spiro atoms. The van der Waals surface area contributed by atoms with Crippen LogP contribution in [0.1, 0.15) is 0 Å². The molecule has 19 heavy (non-hydrogen) atoms. The van der Waals surface area contributed by atoms with E-state index in [1.807, 2.05) is 0 Å². The van der Waals surface area contributed by atoms with E-state index in [0.29, 0.717) is 0 Å². The molecule has 0 unspecified atom stereocenters. The number of alkyl halides is 3. The lowest BCUT2D eigenvalue weighted by Crippen LogP contribution is -2.32. The first-order chi connectivity index (χ1) is 8.85. The van der Waals surface area contributed by atoms with Gasteiger partial charge in [0.1, 0.15) is 19.2 Å². The molecule has 0 saturated carbocycles. The highest BCUT2D eigenvalue weighted by Crippen LogP contribution is 2.19. The molecule has 0 aliphatic carbocycles. The van der Waals surface area contributed by atoms with Crippen LogP contribution in [0.3, 0.4) is 0 Å². The van der Waals surface area contributed by atoms with Crippen molar-refractivity contribution in [3.05, 3.63) is 12.7 Å². The van der Waals surface area contributed by atoms with E-state index in [0.717, 1.165) is 4.90 Å². The summed E-state index contributed by atoms with van der Waals surface area (Å²) in [6.07, 6.45) is -1.84. The van der Waals surface area contributed by atoms with Gasteiger partial charge in [-0.3, -0.25) is 0 Å². The van der Waals surface area contributed by atoms with Crippen LogP contribution in [0.25, 0.3) is 5.95 Å². The lowest BCUT2D eigenvalue weighted by molar-refractivity contribution is -0.119. The average molecular weight is 274 g/mol. The Hall–Kier alpha value is -2.46. The molecule has 8 nitrogen and oxygen atoms in total. The third-order valence-electron chi connectivity index (χ3n) is 2.01. The Bertz CT molecular complexity index is 552. The minimum Gasteiger partial charge on any atom is -0.368 e. The van der Waals surface area contributed by atoms with Crippen LogP contribution in [0.15, 0.2) is 12.7 Å². The van der Waals surface area contributed by atoms with Crippen molar-refractivity contribution in [2.75, 3.05) is 24.2 Å². The molecule has 2 rings (SSSR count). The van der Waals surface area contributed by atoms with E-state index in [4.69, 9.17) is 5.73 Å². The van der Waals surface area contributed by atoms with Gasteiger partial charge >= 0.3 is 6.18 Å². The van der Waals surface area contributed by atoms with Crippen molar-refractivity contribution >= 4 is 11.9 Å². The van der Waals surface area contributed by atoms with Crippen LogP contribution >= 0.6 is 0 Å². The molecule has 0 saturated heterocycles. The van der Waals surface area contributed by atoms with E-state index in [-0.39, 0.29) is 17.8 Å². The summed E-state index contributed by atoms with van der Waals surface area (Å²) in [5, 5.41) is 3.76. The largest absolute Gasteiger partial charge is 0.406 e. The summed E-state index contributed by atoms with van der Waals surface area (Å²) < 4.78 is 38.1. The van der Waals surface area contributed by atoms with E-state index in [2.05, 4.69) is 25.0 Å². The van der Waals surface area contributed by atoms with Gasteiger partial charge in [-0.2, -0.15) is 37.9 Å². The van der Waals surface area contributed by atoms with Crippen molar-refractivity contribution in [3.8, 4) is 5.95 Å². The predicted molar refractivity (Wildman–Crippen MR) is 58.5 cm³/mol. The highest BCUT2D eigenvalue weighted by atomic mass is 19.4. The maximum Gasteiger partial charge on any atom is 0.406 e. The monoisotopic (exact) mass is 274 g/mol. The van der Waals surface area contributed by atoms with E-state index in [1.165, 1.54) is 24.4 Å². The first kappa shape index (κ1) is 13.0. The quantitative estimate of drug-likeness (QED) is 0.843. The molecule has 2 aromatic heterocycles. The predicted octanol–water partition coefficient (Wildman–Crippen LogP) is 0.0330. The molecule has 0 radical (unpaired) electrons. The van der Waals surface area contributed by atoms with Crippen LogP contribution < -0.4 is 10.6 Å². The van der Waals surface area contributed by atoms with Crippen molar-refractivity contribution in [2.24, 2.45) is 0 Å². The van der Waals surface area contributed by atoms with Gasteiger partial charge in [-0.05, 0) is 0 Å². The second-order valence-corrected chi connectivity index (χ2v) is 3.60. The normalized spacial score (nSPS) is 11.6. The molecule has 0 fully saturated rings. The number of hydrogen-bond donors (Lipinski definition) is 1. The minimum atomic E-state index is -4.37. The Kier molecular flexibility index (Phi) is 3.19. The highest BCUT2D eigenvalue weighted by molar-refractivity contribution is 5.36. The lowest BCUT2D eigenvalue weighted by Gasteiger charge is -2.18. The van der Waals surface area contributed by atoms with Crippen LogP contribution in [-0.4, -0.2) is 49.5 Å². The summed E-state index contributed by atoms with van der Waals surface area (Å²) in [5.41, 5.74) is 5.44. The molecule has 2 aromatic rings. The van der Waals surface area contributed by atoms with Crippen molar-refractivity contribution in [2.45, 2.75) is 6.18 Å². The molecule has 0 atom stereocenters. The van der Waals surface area contributed by atoms with Crippen molar-refractivity contribution < 1.29 is 13.2 Å². The van der Waals surface area contributed by atoms with Crippen LogP contribution in [0, 0.1) is 0 Å². The average Bonchev–Trinajstić information content (AvgIpc) is 2.79. The second-order valence-electron chi connectivity index (χ2n) is 3.60. The molecule has 0 aromatic carbocycles. The van der Waals surface area contributed by atoms with Gasteiger partial charge in [-0.25, -0.2) is 4.98 Å². The Morgan fingerprint density at radius 3 is 2.63 bits per heavy atom. The zero-order valence-electron chi connectivity index (χ0n) is 9.70. The molecular weight excluding hydrogens is 265 g/mol. The fraction of sp³-hybridized carbons (Fsp3) is 0.375. The Labute approximate surface area is 105 Å². The summed E-state index contributed by atoms with van der Waals surface area (Å²) in [5.74, 6) is -0.408. The SMILES string of the molecule is CN(CC(F)(F)F)c1nc(N)nc(-n2cncn2)n1. The topological polar surface area (TPSA) is 98.6 Å². The smallest absolute Gasteiger partial charge is 0.368 e. The standard InChI is InChI=1S/C8H9F3N8/c1-18(2-8(9,10)11)6-15-5(12)16-7(17-6)19-4-13-3-14-19/h3-4H,2H2,1H3,(H2,12,15,16,17). The molecule has 2 N–H and O–H groups in total. The summed E-state index contributed by atoms with van der Waals surface area (Å²) in [7, 11) is 1.20. The molecule has 0 aliphatic rings. The molecule has 11 heteroatoms. The lowest BCUT2D eigenvalue weighted by atomic mass is 10.5. The summed E-state index contributed by atoms with van der Waals surface area (Å²) in [6.45, 7) is -1.20. The molecule has 0 bridgehead atoms. The van der Waals surface area contributed by atoms with E-state index in [1.54, 1.807) is 0 Å². The number of anilines is 2. The summed E-state index contributed by atoms with van der Waals surface area (Å²) in [4.78, 5) is 15.8. The fourth-order valence-corrected chi connectivity index (χ4v) is 1.29. The third kappa shape index (κ3) is 3.26. The van der Waals surface area contributed by atoms with Crippen LogP contribution in [0.4, 0.5) is 25.1 Å². The number of nitrogen functional groups attached to an aromatic ring is 1. The number of aromatic nitrogens is 6. The Morgan fingerprint density at radius 1 is 1.32 bits per heavy atom. The molecule has 2 heterocycles. The number of nitrogens with zero attached hydrogens (tertiary/aromatic N) is 7. The van der Waals surface area contributed by atoms with Crippen LogP contribution in [0.2, 0.25) is 0 Å². The van der Waals surface area contributed by atoms with Crippen LogP contribution in [0.5, 0.6) is 0 Å². The van der Waals surface area contributed by atoms with Gasteiger partial charge in [0.15, 0.2) is 0 Å². The van der Waals surface area contributed by atoms with Gasteiger partial charge in [0.05, 0.1) is 0 Å². The molecular formula is C8H9F3N8. The summed E-state index contributed by atoms with van der Waals surface area (Å²) in [6, 6.07) is 0. The number of hydrogen-bond acceptors (Lipinski definition) is 7. The summed E-state index contributed by atoms with van der Waals surface area (Å²) >= 11 is 0. The molecule has 0 amide bonds. The Balaban J connectivity index is 2.32. The van der Waals surface area contributed by atoms with E-state index < -0.39 is 12.7 Å². The van der Waals surface area contributed by atoms with Crippen molar-refractivity contribution in [1.82, 2.24) is 29.7 Å². The van der Waals surface area contributed by atoms with Gasteiger partial charge in [0.2, 0.25) is 11.9 Å². The third-order valence-corrected chi connectivity index (χ3v) is 2.01. The second kappa shape index (κ2) is 4.66. The van der Waals surface area contributed by atoms with E-state index >= 15 is 0 Å². The molecule has 102 valence electrons. The first-order valence-corrected chi connectivity index (χ1v) is 4.99. The number of halogens is 3. The van der Waals surface area contributed by atoms with E-state index in [9.17, 15) is 13.2 Å². The highest BCUT2D eigenvalue weighted by Gasteiger charge is 2.30. The van der Waals surface area contributed by atoms with Gasteiger partial charge in [-0.1, -0.05) is 0 Å². The first-order valence-electron chi connectivity index (χ1n) is 4.99. The number of nitrogens with two attached hydrogens (primary N) is 1. The van der Waals surface area contributed by atoms with Crippen LogP contribution in [-0.2, 0) is 0 Å².